The van der Waals surface area contributed by atoms with Crippen molar-refractivity contribution in [2.45, 2.75) is 58.7 Å². The lowest BCUT2D eigenvalue weighted by molar-refractivity contribution is 0.579. The molecule has 0 saturated heterocycles. The van der Waals surface area contributed by atoms with Crippen LogP contribution < -0.4 is 5.32 Å². The standard InChI is InChI=1S/C12H21N3/c1-4-15-12(10-5-6-10)11(8-14-15)7-13-9(2)3/h8-10,13H,4-7H2,1-3H3. The third-order valence-electron chi connectivity index (χ3n) is 2.92. The third-order valence-corrected chi connectivity index (χ3v) is 2.92. The fourth-order valence-electron chi connectivity index (χ4n) is 1.97. The molecule has 0 aliphatic heterocycles. The quantitative estimate of drug-likeness (QED) is 0.802. The van der Waals surface area contributed by atoms with Gasteiger partial charge in [-0.25, -0.2) is 0 Å². The molecule has 0 amide bonds. The normalized spacial score (nSPS) is 16.3. The first-order valence-electron chi connectivity index (χ1n) is 6.00. The second-order valence-electron chi connectivity index (χ2n) is 4.68. The highest BCUT2D eigenvalue weighted by atomic mass is 15.3. The summed E-state index contributed by atoms with van der Waals surface area (Å²) in [6, 6.07) is 0.544. The van der Waals surface area contributed by atoms with Crippen LogP contribution in [0.1, 0.15) is 50.8 Å². The first-order valence-corrected chi connectivity index (χ1v) is 6.00. The monoisotopic (exact) mass is 207 g/mol. The maximum atomic E-state index is 4.45. The van der Waals surface area contributed by atoms with Gasteiger partial charge in [-0.15, -0.1) is 0 Å². The Kier molecular flexibility index (Phi) is 3.10. The number of nitrogens with one attached hydrogen (secondary N) is 1. The molecule has 84 valence electrons. The Morgan fingerprint density at radius 1 is 1.53 bits per heavy atom. The van der Waals surface area contributed by atoms with Gasteiger partial charge in [-0.2, -0.15) is 5.10 Å². The minimum atomic E-state index is 0.544. The number of hydrogen-bond donors (Lipinski definition) is 1. The molecular weight excluding hydrogens is 186 g/mol. The molecule has 1 fully saturated rings. The van der Waals surface area contributed by atoms with Crippen LogP contribution >= 0.6 is 0 Å². The van der Waals surface area contributed by atoms with E-state index in [0.717, 1.165) is 19.0 Å². The van der Waals surface area contributed by atoms with Gasteiger partial charge in [0.05, 0.1) is 6.20 Å². The molecule has 1 aromatic heterocycles. The summed E-state index contributed by atoms with van der Waals surface area (Å²) in [6.45, 7) is 8.48. The van der Waals surface area contributed by atoms with Crippen molar-refractivity contribution in [1.82, 2.24) is 15.1 Å². The second-order valence-corrected chi connectivity index (χ2v) is 4.68. The van der Waals surface area contributed by atoms with Crippen LogP contribution in [0.3, 0.4) is 0 Å². The van der Waals surface area contributed by atoms with E-state index in [0.29, 0.717) is 6.04 Å². The van der Waals surface area contributed by atoms with Crippen molar-refractivity contribution in [3.05, 3.63) is 17.5 Å². The summed E-state index contributed by atoms with van der Waals surface area (Å²) in [5.41, 5.74) is 2.87. The molecule has 0 radical (unpaired) electrons. The minimum absolute atomic E-state index is 0.544. The molecule has 15 heavy (non-hydrogen) atoms. The molecular formula is C12H21N3. The summed E-state index contributed by atoms with van der Waals surface area (Å²) >= 11 is 0. The van der Waals surface area contributed by atoms with E-state index in [4.69, 9.17) is 0 Å². The molecule has 0 aromatic carbocycles. The van der Waals surface area contributed by atoms with Gasteiger partial charge in [0.1, 0.15) is 0 Å². The maximum absolute atomic E-state index is 4.45. The van der Waals surface area contributed by atoms with Crippen molar-refractivity contribution in [3.8, 4) is 0 Å². The lowest BCUT2D eigenvalue weighted by Gasteiger charge is -2.09. The lowest BCUT2D eigenvalue weighted by atomic mass is 10.1. The van der Waals surface area contributed by atoms with Crippen molar-refractivity contribution in [3.63, 3.8) is 0 Å². The molecule has 3 nitrogen and oxygen atoms in total. The third kappa shape index (κ3) is 2.40. The fourth-order valence-corrected chi connectivity index (χ4v) is 1.97. The Hall–Kier alpha value is -0.830. The van der Waals surface area contributed by atoms with E-state index in [-0.39, 0.29) is 0 Å². The summed E-state index contributed by atoms with van der Waals surface area (Å²) in [6.07, 6.45) is 4.73. The maximum Gasteiger partial charge on any atom is 0.0537 e. The molecule has 1 aromatic rings. The molecule has 1 saturated carbocycles. The molecule has 1 N–H and O–H groups in total. The number of nitrogens with zero attached hydrogens (tertiary/aromatic N) is 2. The SMILES string of the molecule is CCn1ncc(CNC(C)C)c1C1CC1. The van der Waals surface area contributed by atoms with E-state index in [2.05, 4.69) is 35.9 Å². The molecule has 1 aliphatic rings. The van der Waals surface area contributed by atoms with E-state index < -0.39 is 0 Å². The van der Waals surface area contributed by atoms with Crippen LogP contribution in [-0.4, -0.2) is 15.8 Å². The van der Waals surface area contributed by atoms with E-state index >= 15 is 0 Å². The number of hydrogen-bond acceptors (Lipinski definition) is 2. The zero-order valence-corrected chi connectivity index (χ0v) is 9.95. The van der Waals surface area contributed by atoms with Crippen LogP contribution in [0.2, 0.25) is 0 Å². The fraction of sp³-hybridized carbons (Fsp3) is 0.750. The molecule has 1 heterocycles. The van der Waals surface area contributed by atoms with Crippen LogP contribution in [-0.2, 0) is 13.1 Å². The van der Waals surface area contributed by atoms with Crippen molar-refractivity contribution in [2.75, 3.05) is 0 Å². The predicted octanol–water partition coefficient (Wildman–Crippen LogP) is 2.28. The Morgan fingerprint density at radius 2 is 2.27 bits per heavy atom. The summed E-state index contributed by atoms with van der Waals surface area (Å²) in [7, 11) is 0. The molecule has 0 bridgehead atoms. The van der Waals surface area contributed by atoms with Crippen LogP contribution in [0.15, 0.2) is 6.20 Å². The smallest absolute Gasteiger partial charge is 0.0537 e. The summed E-state index contributed by atoms with van der Waals surface area (Å²) in [4.78, 5) is 0. The molecule has 0 unspecified atom stereocenters. The number of aromatic nitrogens is 2. The zero-order valence-electron chi connectivity index (χ0n) is 9.95. The first kappa shape index (κ1) is 10.7. The van der Waals surface area contributed by atoms with Gasteiger partial charge in [-0.1, -0.05) is 13.8 Å². The topological polar surface area (TPSA) is 29.9 Å². The Labute approximate surface area is 91.9 Å². The van der Waals surface area contributed by atoms with Crippen LogP contribution in [0, 0.1) is 0 Å². The summed E-state index contributed by atoms with van der Waals surface area (Å²) in [5, 5.41) is 7.92. The van der Waals surface area contributed by atoms with Gasteiger partial charge in [0.15, 0.2) is 0 Å². The van der Waals surface area contributed by atoms with E-state index in [1.54, 1.807) is 0 Å². The largest absolute Gasteiger partial charge is 0.310 e. The highest BCUT2D eigenvalue weighted by Gasteiger charge is 2.29. The van der Waals surface area contributed by atoms with Gasteiger partial charge in [0.2, 0.25) is 0 Å². The van der Waals surface area contributed by atoms with Crippen LogP contribution in [0.25, 0.3) is 0 Å². The Bertz CT molecular complexity index is 324. The average Bonchev–Trinajstić information content (AvgIpc) is 2.96. The molecule has 0 atom stereocenters. The van der Waals surface area contributed by atoms with Gasteiger partial charge < -0.3 is 5.32 Å². The van der Waals surface area contributed by atoms with Crippen molar-refractivity contribution < 1.29 is 0 Å². The predicted molar refractivity (Wildman–Crippen MR) is 61.9 cm³/mol. The second kappa shape index (κ2) is 4.35. The van der Waals surface area contributed by atoms with E-state index in [1.165, 1.54) is 24.1 Å². The molecule has 1 aliphatic carbocycles. The molecule has 3 heteroatoms. The molecule has 2 rings (SSSR count). The zero-order chi connectivity index (χ0) is 10.8. The van der Waals surface area contributed by atoms with Crippen molar-refractivity contribution in [1.29, 1.82) is 0 Å². The highest BCUT2D eigenvalue weighted by Crippen LogP contribution is 2.41. The van der Waals surface area contributed by atoms with Crippen molar-refractivity contribution in [2.24, 2.45) is 0 Å². The molecule has 0 spiro atoms. The minimum Gasteiger partial charge on any atom is -0.310 e. The highest BCUT2D eigenvalue weighted by molar-refractivity contribution is 5.25. The van der Waals surface area contributed by atoms with Crippen molar-refractivity contribution >= 4 is 0 Å². The van der Waals surface area contributed by atoms with E-state index in [9.17, 15) is 0 Å². The lowest BCUT2D eigenvalue weighted by Crippen LogP contribution is -2.22. The Morgan fingerprint density at radius 3 is 2.80 bits per heavy atom. The number of rotatable bonds is 5. The van der Waals surface area contributed by atoms with Gasteiger partial charge in [-0.05, 0) is 19.8 Å². The number of aryl methyl sites for hydroxylation is 1. The van der Waals surface area contributed by atoms with Gasteiger partial charge in [0, 0.05) is 36.3 Å². The van der Waals surface area contributed by atoms with Gasteiger partial charge >= 0.3 is 0 Å². The average molecular weight is 207 g/mol. The Balaban J connectivity index is 2.11. The summed E-state index contributed by atoms with van der Waals surface area (Å²) < 4.78 is 2.16. The van der Waals surface area contributed by atoms with Crippen LogP contribution in [0.4, 0.5) is 0 Å². The first-order chi connectivity index (χ1) is 7.22. The van der Waals surface area contributed by atoms with Gasteiger partial charge in [0.25, 0.3) is 0 Å². The summed E-state index contributed by atoms with van der Waals surface area (Å²) in [5.74, 6) is 0.788. The van der Waals surface area contributed by atoms with Gasteiger partial charge in [-0.3, -0.25) is 4.68 Å². The van der Waals surface area contributed by atoms with Crippen LogP contribution in [0.5, 0.6) is 0 Å². The van der Waals surface area contributed by atoms with E-state index in [1.807, 2.05) is 6.20 Å².